The number of nitrogens with one attached hydrogen (secondary N) is 1. The minimum Gasteiger partial charge on any atom is -0.399 e. The maximum atomic E-state index is 11.5. The number of anilines is 2. The van der Waals surface area contributed by atoms with Gasteiger partial charge in [0.25, 0.3) is 5.91 Å². The number of amides is 1. The lowest BCUT2D eigenvalue weighted by atomic mass is 9.77. The van der Waals surface area contributed by atoms with Crippen molar-refractivity contribution < 1.29 is 9.90 Å². The molecule has 0 radical (unpaired) electrons. The van der Waals surface area contributed by atoms with Gasteiger partial charge in [-0.05, 0) is 49.8 Å². The number of nitrogen functional groups attached to an aromatic ring is 1. The zero-order valence-corrected chi connectivity index (χ0v) is 11.9. The van der Waals surface area contributed by atoms with Crippen molar-refractivity contribution in [2.24, 2.45) is 11.7 Å². The van der Waals surface area contributed by atoms with Crippen LogP contribution in [0.3, 0.4) is 0 Å². The van der Waals surface area contributed by atoms with Gasteiger partial charge in [0.15, 0.2) is 0 Å². The van der Waals surface area contributed by atoms with E-state index in [0.29, 0.717) is 22.9 Å². The van der Waals surface area contributed by atoms with Crippen LogP contribution in [0.4, 0.5) is 11.4 Å². The summed E-state index contributed by atoms with van der Waals surface area (Å²) in [6.45, 7) is 2.25. The van der Waals surface area contributed by atoms with Gasteiger partial charge in [-0.15, -0.1) is 0 Å². The number of primary amides is 1. The summed E-state index contributed by atoms with van der Waals surface area (Å²) in [6.07, 6.45) is 3.86. The molecule has 1 aromatic carbocycles. The van der Waals surface area contributed by atoms with E-state index in [4.69, 9.17) is 11.5 Å². The molecule has 2 rings (SSSR count). The Morgan fingerprint density at radius 3 is 2.65 bits per heavy atom. The van der Waals surface area contributed by atoms with Crippen molar-refractivity contribution >= 4 is 17.3 Å². The highest BCUT2D eigenvalue weighted by molar-refractivity contribution is 5.99. The van der Waals surface area contributed by atoms with Crippen molar-refractivity contribution in [3.63, 3.8) is 0 Å². The van der Waals surface area contributed by atoms with Crippen LogP contribution >= 0.6 is 0 Å². The summed E-state index contributed by atoms with van der Waals surface area (Å²) in [5, 5.41) is 13.1. The van der Waals surface area contributed by atoms with Gasteiger partial charge < -0.3 is 21.9 Å². The third-order valence-corrected chi connectivity index (χ3v) is 4.24. The minimum absolute atomic E-state index is 0.0344. The number of rotatable bonds is 4. The molecule has 6 N–H and O–H groups in total. The summed E-state index contributed by atoms with van der Waals surface area (Å²) < 4.78 is 0. The van der Waals surface area contributed by atoms with E-state index in [1.54, 1.807) is 18.2 Å². The van der Waals surface area contributed by atoms with E-state index < -0.39 is 5.91 Å². The summed E-state index contributed by atoms with van der Waals surface area (Å²) >= 11 is 0. The molecular formula is C15H23N3O2. The number of benzene rings is 1. The average Bonchev–Trinajstić information content (AvgIpc) is 2.41. The highest BCUT2D eigenvalue weighted by atomic mass is 16.3. The SMILES string of the molecule is CC1CCC(CO)(Nc2cc(N)ccc2C(N)=O)CC1. The summed E-state index contributed by atoms with van der Waals surface area (Å²) in [4.78, 5) is 11.5. The molecule has 0 atom stereocenters. The molecule has 0 bridgehead atoms. The summed E-state index contributed by atoms with van der Waals surface area (Å²) in [5.74, 6) is 0.178. The first kappa shape index (κ1) is 14.7. The van der Waals surface area contributed by atoms with Gasteiger partial charge in [-0.2, -0.15) is 0 Å². The second-order valence-corrected chi connectivity index (χ2v) is 5.92. The van der Waals surface area contributed by atoms with E-state index >= 15 is 0 Å². The van der Waals surface area contributed by atoms with Crippen LogP contribution in [-0.4, -0.2) is 23.2 Å². The molecular weight excluding hydrogens is 254 g/mol. The maximum absolute atomic E-state index is 11.5. The van der Waals surface area contributed by atoms with Crippen molar-refractivity contribution in [1.82, 2.24) is 0 Å². The van der Waals surface area contributed by atoms with E-state index in [2.05, 4.69) is 12.2 Å². The van der Waals surface area contributed by atoms with E-state index in [1.807, 2.05) is 0 Å². The number of aliphatic hydroxyl groups excluding tert-OH is 1. The van der Waals surface area contributed by atoms with Gasteiger partial charge in [0.1, 0.15) is 0 Å². The number of hydrogen-bond donors (Lipinski definition) is 4. The van der Waals surface area contributed by atoms with Gasteiger partial charge in [-0.25, -0.2) is 0 Å². The molecule has 0 spiro atoms. The number of hydrogen-bond acceptors (Lipinski definition) is 4. The van der Waals surface area contributed by atoms with Crippen LogP contribution in [0.1, 0.15) is 43.0 Å². The van der Waals surface area contributed by atoms with E-state index in [-0.39, 0.29) is 12.1 Å². The van der Waals surface area contributed by atoms with E-state index in [1.165, 1.54) is 0 Å². The van der Waals surface area contributed by atoms with Crippen LogP contribution in [-0.2, 0) is 0 Å². The molecule has 5 nitrogen and oxygen atoms in total. The van der Waals surface area contributed by atoms with Crippen molar-refractivity contribution in [1.29, 1.82) is 0 Å². The Bertz CT molecular complexity index is 494. The standard InChI is InChI=1S/C15H23N3O2/c1-10-4-6-15(9-19,7-5-10)18-13-8-11(16)2-3-12(13)14(17)20/h2-3,8,10,18-19H,4-7,9,16H2,1H3,(H2,17,20). The fraction of sp³-hybridized carbons (Fsp3) is 0.533. The van der Waals surface area contributed by atoms with E-state index in [9.17, 15) is 9.90 Å². The Morgan fingerprint density at radius 1 is 1.45 bits per heavy atom. The predicted octanol–water partition coefficient (Wildman–Crippen LogP) is 1.72. The van der Waals surface area contributed by atoms with E-state index in [0.717, 1.165) is 25.7 Å². The van der Waals surface area contributed by atoms with Crippen LogP contribution in [0.15, 0.2) is 18.2 Å². The quantitative estimate of drug-likeness (QED) is 0.629. The van der Waals surface area contributed by atoms with Crippen molar-refractivity contribution in [3.05, 3.63) is 23.8 Å². The normalized spacial score (nSPS) is 26.2. The van der Waals surface area contributed by atoms with Crippen molar-refractivity contribution in [3.8, 4) is 0 Å². The Morgan fingerprint density at radius 2 is 2.10 bits per heavy atom. The van der Waals surface area contributed by atoms with Crippen molar-refractivity contribution in [2.45, 2.75) is 38.1 Å². The second kappa shape index (κ2) is 5.71. The van der Waals surface area contributed by atoms with Crippen LogP contribution in [0.5, 0.6) is 0 Å². The fourth-order valence-electron chi connectivity index (χ4n) is 2.80. The molecule has 0 saturated heterocycles. The molecule has 1 amide bonds. The number of aliphatic hydroxyl groups is 1. The molecule has 1 aliphatic carbocycles. The summed E-state index contributed by atoms with van der Waals surface area (Å²) in [7, 11) is 0. The molecule has 110 valence electrons. The first-order chi connectivity index (χ1) is 9.46. The van der Waals surface area contributed by atoms with Crippen LogP contribution in [0.25, 0.3) is 0 Å². The van der Waals surface area contributed by atoms with Gasteiger partial charge in [-0.3, -0.25) is 4.79 Å². The highest BCUT2D eigenvalue weighted by Gasteiger charge is 2.34. The Labute approximate surface area is 119 Å². The first-order valence-electron chi connectivity index (χ1n) is 7.04. The van der Waals surface area contributed by atoms with Gasteiger partial charge in [0.2, 0.25) is 0 Å². The molecule has 5 heteroatoms. The molecule has 0 unspecified atom stereocenters. The zero-order valence-electron chi connectivity index (χ0n) is 11.9. The zero-order chi connectivity index (χ0) is 14.8. The molecule has 1 fully saturated rings. The van der Waals surface area contributed by atoms with Crippen LogP contribution < -0.4 is 16.8 Å². The number of nitrogens with two attached hydrogens (primary N) is 2. The number of carbonyl (C=O) groups is 1. The molecule has 20 heavy (non-hydrogen) atoms. The summed E-state index contributed by atoms with van der Waals surface area (Å²) in [6, 6.07) is 4.98. The Balaban J connectivity index is 2.27. The molecule has 0 aromatic heterocycles. The van der Waals surface area contributed by atoms with Gasteiger partial charge in [0.05, 0.1) is 17.7 Å². The molecule has 1 aliphatic rings. The highest BCUT2D eigenvalue weighted by Crippen LogP contribution is 2.35. The van der Waals surface area contributed by atoms with Gasteiger partial charge in [0, 0.05) is 11.4 Å². The van der Waals surface area contributed by atoms with Gasteiger partial charge in [-0.1, -0.05) is 6.92 Å². The third kappa shape index (κ3) is 3.04. The Kier molecular flexibility index (Phi) is 4.18. The molecule has 0 aliphatic heterocycles. The lowest BCUT2D eigenvalue weighted by Crippen LogP contribution is -2.45. The lowest BCUT2D eigenvalue weighted by Gasteiger charge is -2.40. The van der Waals surface area contributed by atoms with Crippen molar-refractivity contribution in [2.75, 3.05) is 17.7 Å². The Hall–Kier alpha value is -1.75. The monoisotopic (exact) mass is 277 g/mol. The third-order valence-electron chi connectivity index (χ3n) is 4.24. The topological polar surface area (TPSA) is 101 Å². The maximum Gasteiger partial charge on any atom is 0.250 e. The fourth-order valence-corrected chi connectivity index (χ4v) is 2.80. The summed E-state index contributed by atoms with van der Waals surface area (Å²) in [5.41, 5.74) is 12.4. The molecule has 1 aromatic rings. The largest absolute Gasteiger partial charge is 0.399 e. The molecule has 0 heterocycles. The number of carbonyl (C=O) groups excluding carboxylic acids is 1. The average molecular weight is 277 g/mol. The lowest BCUT2D eigenvalue weighted by molar-refractivity contribution is 0.100. The van der Waals surface area contributed by atoms with Crippen LogP contribution in [0.2, 0.25) is 0 Å². The molecule has 1 saturated carbocycles. The minimum atomic E-state index is -0.496. The first-order valence-corrected chi connectivity index (χ1v) is 7.04. The van der Waals surface area contributed by atoms with Gasteiger partial charge >= 0.3 is 0 Å². The van der Waals surface area contributed by atoms with Crippen LogP contribution in [0, 0.1) is 5.92 Å². The second-order valence-electron chi connectivity index (χ2n) is 5.92. The smallest absolute Gasteiger partial charge is 0.250 e. The predicted molar refractivity (Wildman–Crippen MR) is 80.4 cm³/mol.